The molecule has 25 heavy (non-hydrogen) atoms. The molecule has 0 fully saturated rings. The normalized spacial score (nSPS) is 11.6. The molecule has 0 saturated heterocycles. The zero-order valence-corrected chi connectivity index (χ0v) is 15.5. The maximum atomic E-state index is 13.0. The zero-order chi connectivity index (χ0) is 17.4. The highest BCUT2D eigenvalue weighted by Crippen LogP contribution is 2.32. The number of nitrogens with zero attached hydrogens (tertiary/aromatic N) is 4. The average Bonchev–Trinajstić information content (AvgIpc) is 3.08. The lowest BCUT2D eigenvalue weighted by Crippen LogP contribution is -2.25. The fraction of sp³-hybridized carbons (Fsp3) is 0.222. The summed E-state index contributed by atoms with van der Waals surface area (Å²) in [5, 5.41) is 5.14. The molecular weight excluding hydrogens is 352 g/mol. The first kappa shape index (κ1) is 16.2. The Morgan fingerprint density at radius 2 is 2.00 bits per heavy atom. The molecule has 0 bridgehead atoms. The van der Waals surface area contributed by atoms with Crippen molar-refractivity contribution in [1.29, 1.82) is 0 Å². The van der Waals surface area contributed by atoms with Gasteiger partial charge in [0.25, 0.3) is 5.56 Å². The van der Waals surface area contributed by atoms with Crippen molar-refractivity contribution >= 4 is 44.2 Å². The number of fused-ring (bicyclic) bond motifs is 2. The monoisotopic (exact) mass is 368 g/mol. The molecule has 0 radical (unpaired) electrons. The van der Waals surface area contributed by atoms with E-state index in [-0.39, 0.29) is 5.56 Å². The van der Waals surface area contributed by atoms with E-state index in [2.05, 4.69) is 23.8 Å². The van der Waals surface area contributed by atoms with Crippen molar-refractivity contribution in [2.45, 2.75) is 30.6 Å². The topological polar surface area (TPSA) is 60.7 Å². The summed E-state index contributed by atoms with van der Waals surface area (Å²) in [5.41, 5.74) is 0.711. The van der Waals surface area contributed by atoms with E-state index in [4.69, 9.17) is 4.98 Å². The average molecular weight is 368 g/mol. The molecular formula is C18H16N4OS2. The highest BCUT2D eigenvalue weighted by atomic mass is 32.2. The van der Waals surface area contributed by atoms with Crippen molar-refractivity contribution in [2.24, 2.45) is 5.92 Å². The van der Waals surface area contributed by atoms with Crippen LogP contribution in [0.15, 0.2) is 57.0 Å². The Hall–Kier alpha value is -2.25. The van der Waals surface area contributed by atoms with Gasteiger partial charge in [-0.05, 0) is 41.3 Å². The van der Waals surface area contributed by atoms with Gasteiger partial charge in [-0.25, -0.2) is 15.0 Å². The molecule has 0 atom stereocenters. The molecule has 0 aliphatic heterocycles. The van der Waals surface area contributed by atoms with Crippen molar-refractivity contribution in [3.05, 3.63) is 52.4 Å². The Morgan fingerprint density at radius 1 is 1.16 bits per heavy atom. The minimum Gasteiger partial charge on any atom is -0.286 e. The van der Waals surface area contributed by atoms with Crippen LogP contribution in [0, 0.1) is 5.92 Å². The first-order chi connectivity index (χ1) is 12.1. The second-order valence-electron chi connectivity index (χ2n) is 6.14. The molecule has 1 aromatic carbocycles. The van der Waals surface area contributed by atoms with Gasteiger partial charge in [0.2, 0.25) is 0 Å². The van der Waals surface area contributed by atoms with Gasteiger partial charge >= 0.3 is 0 Å². The molecule has 0 saturated carbocycles. The predicted molar refractivity (Wildman–Crippen MR) is 102 cm³/mol. The third-order valence-corrected chi connectivity index (χ3v) is 5.62. The van der Waals surface area contributed by atoms with Crippen LogP contribution in [0.5, 0.6) is 0 Å². The van der Waals surface area contributed by atoms with Gasteiger partial charge in [0, 0.05) is 11.9 Å². The number of para-hydroxylation sites is 1. The van der Waals surface area contributed by atoms with Gasteiger partial charge in [0.1, 0.15) is 16.2 Å². The minimum atomic E-state index is -0.00239. The number of thiophene rings is 1. The summed E-state index contributed by atoms with van der Waals surface area (Å²) < 4.78 is 1.76. The SMILES string of the molecule is CC(C)Cn1c(Sc2ncnc3sccc23)nc2ccccc2c1=O. The van der Waals surface area contributed by atoms with Crippen molar-refractivity contribution in [1.82, 2.24) is 19.5 Å². The van der Waals surface area contributed by atoms with Crippen molar-refractivity contribution < 1.29 is 0 Å². The Kier molecular flexibility index (Phi) is 4.27. The Bertz CT molecular complexity index is 1120. The summed E-state index contributed by atoms with van der Waals surface area (Å²) in [6.45, 7) is 4.81. The number of benzene rings is 1. The summed E-state index contributed by atoms with van der Waals surface area (Å²) in [7, 11) is 0. The van der Waals surface area contributed by atoms with Gasteiger partial charge in [0.05, 0.1) is 10.9 Å². The first-order valence-electron chi connectivity index (χ1n) is 7.99. The van der Waals surface area contributed by atoms with Crippen LogP contribution in [-0.4, -0.2) is 19.5 Å². The molecule has 0 amide bonds. The van der Waals surface area contributed by atoms with E-state index in [0.717, 1.165) is 15.2 Å². The number of hydrogen-bond acceptors (Lipinski definition) is 6. The van der Waals surface area contributed by atoms with Crippen LogP contribution in [0.1, 0.15) is 13.8 Å². The van der Waals surface area contributed by atoms with Crippen LogP contribution in [0.3, 0.4) is 0 Å². The number of hydrogen-bond donors (Lipinski definition) is 0. The molecule has 0 spiro atoms. The molecule has 4 rings (SSSR count). The van der Waals surface area contributed by atoms with Crippen LogP contribution in [0.2, 0.25) is 0 Å². The summed E-state index contributed by atoms with van der Waals surface area (Å²) >= 11 is 3.01. The molecule has 0 N–H and O–H groups in total. The Morgan fingerprint density at radius 3 is 2.84 bits per heavy atom. The maximum Gasteiger partial charge on any atom is 0.262 e. The second kappa shape index (κ2) is 6.57. The number of rotatable bonds is 4. The van der Waals surface area contributed by atoms with Crippen LogP contribution >= 0.6 is 23.1 Å². The molecule has 126 valence electrons. The number of aromatic nitrogens is 4. The van der Waals surface area contributed by atoms with Gasteiger partial charge in [-0.3, -0.25) is 9.36 Å². The van der Waals surface area contributed by atoms with Crippen molar-refractivity contribution in [3.63, 3.8) is 0 Å². The molecule has 0 unspecified atom stereocenters. The molecule has 0 aliphatic carbocycles. The van der Waals surface area contributed by atoms with Crippen LogP contribution < -0.4 is 5.56 Å². The van der Waals surface area contributed by atoms with E-state index in [1.165, 1.54) is 11.8 Å². The van der Waals surface area contributed by atoms with E-state index in [9.17, 15) is 4.79 Å². The van der Waals surface area contributed by atoms with Gasteiger partial charge < -0.3 is 0 Å². The fourth-order valence-corrected chi connectivity index (χ4v) is 4.44. The third-order valence-electron chi connectivity index (χ3n) is 3.79. The lowest BCUT2D eigenvalue weighted by molar-refractivity contribution is 0.475. The van der Waals surface area contributed by atoms with E-state index in [0.29, 0.717) is 28.5 Å². The van der Waals surface area contributed by atoms with Crippen LogP contribution in [-0.2, 0) is 6.54 Å². The Labute approximate surface area is 152 Å². The first-order valence-corrected chi connectivity index (χ1v) is 9.68. The fourth-order valence-electron chi connectivity index (χ4n) is 2.69. The lowest BCUT2D eigenvalue weighted by Gasteiger charge is -2.14. The minimum absolute atomic E-state index is 0.00239. The highest BCUT2D eigenvalue weighted by molar-refractivity contribution is 7.99. The molecule has 3 aromatic heterocycles. The lowest BCUT2D eigenvalue weighted by atomic mass is 10.2. The molecule has 7 heteroatoms. The van der Waals surface area contributed by atoms with Crippen molar-refractivity contribution in [3.8, 4) is 0 Å². The summed E-state index contributed by atoms with van der Waals surface area (Å²) in [6.07, 6.45) is 1.56. The molecule has 4 aromatic rings. The van der Waals surface area contributed by atoms with Gasteiger partial charge in [-0.15, -0.1) is 11.3 Å². The van der Waals surface area contributed by atoms with E-state index in [1.807, 2.05) is 35.7 Å². The third kappa shape index (κ3) is 3.05. The quantitative estimate of drug-likeness (QED) is 0.399. The van der Waals surface area contributed by atoms with E-state index in [1.54, 1.807) is 22.2 Å². The summed E-state index contributed by atoms with van der Waals surface area (Å²) in [4.78, 5) is 27.3. The van der Waals surface area contributed by atoms with Crippen LogP contribution in [0.4, 0.5) is 0 Å². The van der Waals surface area contributed by atoms with Crippen LogP contribution in [0.25, 0.3) is 21.1 Å². The van der Waals surface area contributed by atoms with Gasteiger partial charge in [-0.2, -0.15) is 0 Å². The molecule has 5 nitrogen and oxygen atoms in total. The van der Waals surface area contributed by atoms with E-state index >= 15 is 0 Å². The smallest absolute Gasteiger partial charge is 0.262 e. The highest BCUT2D eigenvalue weighted by Gasteiger charge is 2.15. The summed E-state index contributed by atoms with van der Waals surface area (Å²) in [6, 6.07) is 9.49. The Balaban J connectivity index is 1.90. The largest absolute Gasteiger partial charge is 0.286 e. The molecule has 0 aliphatic rings. The summed E-state index contributed by atoms with van der Waals surface area (Å²) in [5.74, 6) is 0.339. The predicted octanol–water partition coefficient (Wildman–Crippen LogP) is 4.21. The van der Waals surface area contributed by atoms with E-state index < -0.39 is 0 Å². The van der Waals surface area contributed by atoms with Gasteiger partial charge in [0.15, 0.2) is 5.16 Å². The van der Waals surface area contributed by atoms with Crippen molar-refractivity contribution in [2.75, 3.05) is 0 Å². The maximum absolute atomic E-state index is 13.0. The van der Waals surface area contributed by atoms with Gasteiger partial charge in [-0.1, -0.05) is 26.0 Å². The standard InChI is InChI=1S/C18H16N4OS2/c1-11(2)9-22-17(23)12-5-3-4-6-14(12)21-18(22)25-16-13-7-8-24-15(13)19-10-20-16/h3-8,10-11H,9H2,1-2H3. The zero-order valence-electron chi connectivity index (χ0n) is 13.8. The second-order valence-corrected chi connectivity index (χ2v) is 7.99. The molecule has 3 heterocycles.